The predicted octanol–water partition coefficient (Wildman–Crippen LogP) is 5.47. The van der Waals surface area contributed by atoms with E-state index >= 15 is 0 Å². The van der Waals surface area contributed by atoms with Gasteiger partial charge in [-0.3, -0.25) is 9.78 Å². The van der Waals surface area contributed by atoms with Crippen molar-refractivity contribution in [3.63, 3.8) is 0 Å². The van der Waals surface area contributed by atoms with Gasteiger partial charge in [-0.2, -0.15) is 0 Å². The maximum Gasteiger partial charge on any atom is 0.223 e. The second-order valence-corrected chi connectivity index (χ2v) is 9.76. The highest BCUT2D eigenvalue weighted by Crippen LogP contribution is 2.48. The molecule has 0 bridgehead atoms. The number of halogens is 2. The molecule has 0 amide bonds. The Balaban J connectivity index is 1.54. The third-order valence-electron chi connectivity index (χ3n) is 6.59. The number of anilines is 1. The summed E-state index contributed by atoms with van der Waals surface area (Å²) in [5.41, 5.74) is 2.80. The number of nitrogens with one attached hydrogen (secondary N) is 1. The number of methoxy groups -OCH3 is 2. The minimum Gasteiger partial charge on any atom is -0.495 e. The van der Waals surface area contributed by atoms with Crippen LogP contribution in [-0.2, 0) is 9.53 Å². The van der Waals surface area contributed by atoms with Crippen molar-refractivity contribution in [3.05, 3.63) is 46.7 Å². The van der Waals surface area contributed by atoms with Crippen LogP contribution < -0.4 is 14.8 Å². The normalized spacial score (nSPS) is 19.3. The maximum absolute atomic E-state index is 11.9. The number of rotatable bonds is 9. The summed E-state index contributed by atoms with van der Waals surface area (Å²) in [6, 6.07) is 3.46. The molecule has 8 nitrogen and oxygen atoms in total. The lowest BCUT2D eigenvalue weighted by atomic mass is 9.97. The minimum atomic E-state index is -0.0650. The smallest absolute Gasteiger partial charge is 0.223 e. The molecular weight excluding hydrogens is 503 g/mol. The van der Waals surface area contributed by atoms with E-state index in [0.29, 0.717) is 64.3 Å². The van der Waals surface area contributed by atoms with Gasteiger partial charge < -0.3 is 19.5 Å². The second kappa shape index (κ2) is 10.2. The van der Waals surface area contributed by atoms with E-state index in [4.69, 9.17) is 47.4 Å². The molecule has 10 heteroatoms. The molecule has 1 saturated heterocycles. The van der Waals surface area contributed by atoms with Crippen molar-refractivity contribution >= 4 is 45.8 Å². The highest BCUT2D eigenvalue weighted by molar-refractivity contribution is 6.41. The van der Waals surface area contributed by atoms with E-state index in [1.54, 1.807) is 12.3 Å². The number of fused-ring (bicyclic) bond motifs is 1. The van der Waals surface area contributed by atoms with Crippen LogP contribution in [-0.4, -0.2) is 54.2 Å². The van der Waals surface area contributed by atoms with Crippen molar-refractivity contribution in [1.82, 2.24) is 15.0 Å². The summed E-state index contributed by atoms with van der Waals surface area (Å²) < 4.78 is 16.5. The molecule has 1 aliphatic heterocycles. The summed E-state index contributed by atoms with van der Waals surface area (Å²) in [7, 11) is 3.08. The van der Waals surface area contributed by atoms with Crippen LogP contribution >= 0.6 is 23.2 Å². The molecule has 1 saturated carbocycles. The van der Waals surface area contributed by atoms with Gasteiger partial charge in [-0.15, -0.1) is 0 Å². The first-order chi connectivity index (χ1) is 17.4. The summed E-state index contributed by atoms with van der Waals surface area (Å²) in [6.45, 7) is 4.56. The predicted molar refractivity (Wildman–Crippen MR) is 139 cm³/mol. The van der Waals surface area contributed by atoms with Crippen molar-refractivity contribution in [3.8, 4) is 22.8 Å². The molecule has 0 spiro atoms. The summed E-state index contributed by atoms with van der Waals surface area (Å²) >= 11 is 13.3. The van der Waals surface area contributed by atoms with Crippen molar-refractivity contribution < 1.29 is 19.0 Å². The topological polar surface area (TPSA) is 95.5 Å². The van der Waals surface area contributed by atoms with Gasteiger partial charge in [0.05, 0.1) is 60.4 Å². The number of pyridine rings is 1. The van der Waals surface area contributed by atoms with E-state index in [0.717, 1.165) is 29.4 Å². The molecule has 3 heterocycles. The van der Waals surface area contributed by atoms with Crippen LogP contribution in [0.3, 0.4) is 0 Å². The molecule has 3 aromatic rings. The Hall–Kier alpha value is -2.94. The first kappa shape index (κ1) is 24.7. The van der Waals surface area contributed by atoms with Gasteiger partial charge in [0.15, 0.2) is 5.78 Å². The van der Waals surface area contributed by atoms with Gasteiger partial charge >= 0.3 is 0 Å². The standard InChI is InChI=1S/C26H26Cl2N4O4/c1-4-16(33)7-15-11-36-12-18(15)31-26-29-10-14-8-17(30-24(13-5-6-13)25(14)32-26)21-22(27)19(34-2)9-20(35-3)23(21)28/h4,8-10,13,15,18H,1,5-7,11-12H2,2-3H3,(H,29,31,32)/t15-,18+/m0/s1. The average Bonchev–Trinajstić information content (AvgIpc) is 3.64. The Morgan fingerprint density at radius 3 is 2.53 bits per heavy atom. The Kier molecular flexibility index (Phi) is 7.01. The van der Waals surface area contributed by atoms with Gasteiger partial charge in [-0.25, -0.2) is 9.97 Å². The van der Waals surface area contributed by atoms with Gasteiger partial charge in [0, 0.05) is 41.5 Å². The number of carbonyl (C=O) groups is 1. The van der Waals surface area contributed by atoms with Crippen LogP contribution in [0.5, 0.6) is 11.5 Å². The van der Waals surface area contributed by atoms with E-state index in [2.05, 4.69) is 16.9 Å². The van der Waals surface area contributed by atoms with E-state index in [-0.39, 0.29) is 17.7 Å². The van der Waals surface area contributed by atoms with Gasteiger partial charge in [-0.05, 0) is 25.0 Å². The molecule has 2 aromatic heterocycles. The fourth-order valence-corrected chi connectivity index (χ4v) is 5.18. The molecule has 1 N–H and O–H groups in total. The van der Waals surface area contributed by atoms with Crippen LogP contribution in [0.4, 0.5) is 5.95 Å². The van der Waals surface area contributed by atoms with E-state index < -0.39 is 0 Å². The lowest BCUT2D eigenvalue weighted by molar-refractivity contribution is -0.115. The number of hydrogen-bond donors (Lipinski definition) is 1. The average molecular weight is 529 g/mol. The molecule has 36 heavy (non-hydrogen) atoms. The third-order valence-corrected chi connectivity index (χ3v) is 7.34. The lowest BCUT2D eigenvalue weighted by Gasteiger charge is -2.19. The molecule has 0 radical (unpaired) electrons. The van der Waals surface area contributed by atoms with Crippen LogP contribution in [0.2, 0.25) is 10.0 Å². The molecule has 0 unspecified atom stereocenters. The quantitative estimate of drug-likeness (QED) is 0.365. The Morgan fingerprint density at radius 1 is 1.17 bits per heavy atom. The first-order valence-electron chi connectivity index (χ1n) is 11.7. The molecule has 1 aromatic carbocycles. The van der Waals surface area contributed by atoms with Crippen molar-refractivity contribution in [2.75, 3.05) is 32.8 Å². The number of allylic oxidation sites excluding steroid dienone is 1. The molecule has 5 rings (SSSR count). The van der Waals surface area contributed by atoms with Crippen molar-refractivity contribution in [2.24, 2.45) is 5.92 Å². The Morgan fingerprint density at radius 2 is 1.89 bits per heavy atom. The molecule has 2 fully saturated rings. The van der Waals surface area contributed by atoms with Gasteiger partial charge in [0.1, 0.15) is 11.5 Å². The van der Waals surface area contributed by atoms with Crippen LogP contribution in [0.1, 0.15) is 30.9 Å². The summed E-state index contributed by atoms with van der Waals surface area (Å²) in [6.07, 6.45) is 5.55. The van der Waals surface area contributed by atoms with Crippen molar-refractivity contribution in [1.29, 1.82) is 0 Å². The molecular formula is C26H26Cl2N4O4. The summed E-state index contributed by atoms with van der Waals surface area (Å²) in [5, 5.41) is 4.90. The summed E-state index contributed by atoms with van der Waals surface area (Å²) in [4.78, 5) is 26.2. The number of ether oxygens (including phenoxy) is 3. The first-order valence-corrected chi connectivity index (χ1v) is 12.5. The van der Waals surface area contributed by atoms with Crippen molar-refractivity contribution in [2.45, 2.75) is 31.2 Å². The van der Waals surface area contributed by atoms with E-state index in [1.165, 1.54) is 20.3 Å². The minimum absolute atomic E-state index is 0.00373. The highest BCUT2D eigenvalue weighted by Gasteiger charge is 2.32. The van der Waals surface area contributed by atoms with Gasteiger partial charge in [0.25, 0.3) is 0 Å². The molecule has 1 aliphatic carbocycles. The number of nitrogens with zero attached hydrogens (tertiary/aromatic N) is 3. The van der Waals surface area contributed by atoms with Crippen LogP contribution in [0, 0.1) is 5.92 Å². The number of aromatic nitrogens is 3. The zero-order valence-electron chi connectivity index (χ0n) is 20.0. The van der Waals surface area contributed by atoms with Crippen LogP contribution in [0.15, 0.2) is 31.0 Å². The fraction of sp³-hybridized carbons (Fsp3) is 0.385. The lowest BCUT2D eigenvalue weighted by Crippen LogP contribution is -2.30. The Bertz CT molecular complexity index is 1320. The third kappa shape index (κ3) is 4.73. The highest BCUT2D eigenvalue weighted by atomic mass is 35.5. The van der Waals surface area contributed by atoms with Gasteiger partial charge in [0.2, 0.25) is 5.95 Å². The van der Waals surface area contributed by atoms with Gasteiger partial charge in [-0.1, -0.05) is 29.8 Å². The monoisotopic (exact) mass is 528 g/mol. The second-order valence-electron chi connectivity index (χ2n) is 9.01. The maximum atomic E-state index is 11.9. The SMILES string of the molecule is C=CC(=O)C[C@H]1COC[C@H]1Nc1ncc2cc(-c3c(Cl)c(OC)cc(OC)c3Cl)nc(C3CC3)c2n1. The number of carbonyl (C=O) groups excluding carboxylic acids is 1. The van der Waals surface area contributed by atoms with E-state index in [9.17, 15) is 4.79 Å². The van der Waals surface area contributed by atoms with E-state index in [1.807, 2.05) is 6.07 Å². The zero-order valence-corrected chi connectivity index (χ0v) is 21.5. The molecule has 2 atom stereocenters. The number of ketones is 1. The zero-order chi connectivity index (χ0) is 25.4. The number of benzene rings is 1. The fourth-order valence-electron chi connectivity index (χ4n) is 4.48. The largest absolute Gasteiger partial charge is 0.495 e. The number of hydrogen-bond acceptors (Lipinski definition) is 8. The van der Waals surface area contributed by atoms with Crippen LogP contribution in [0.25, 0.3) is 22.2 Å². The Labute approximate surface area is 219 Å². The molecule has 188 valence electrons. The summed E-state index contributed by atoms with van der Waals surface area (Å²) in [5.74, 6) is 1.70. The molecule has 2 aliphatic rings.